The van der Waals surface area contributed by atoms with Crippen LogP contribution in [0.25, 0.3) is 11.0 Å². The van der Waals surface area contributed by atoms with E-state index in [1.165, 1.54) is 11.1 Å². The quantitative estimate of drug-likeness (QED) is 0.785. The van der Waals surface area contributed by atoms with Crippen molar-refractivity contribution in [3.63, 3.8) is 0 Å². The molecule has 2 heteroatoms. The molecule has 2 heterocycles. The number of aromatic nitrogens is 2. The Morgan fingerprint density at radius 3 is 2.71 bits per heavy atom. The van der Waals surface area contributed by atoms with Gasteiger partial charge in [-0.15, -0.1) is 0 Å². The second-order valence-electron chi connectivity index (χ2n) is 3.67. The summed E-state index contributed by atoms with van der Waals surface area (Å²) >= 11 is 0. The van der Waals surface area contributed by atoms with Crippen LogP contribution in [0.5, 0.6) is 0 Å². The third-order valence-electron chi connectivity index (χ3n) is 2.83. The summed E-state index contributed by atoms with van der Waals surface area (Å²) in [4.78, 5) is 7.77. The molecule has 2 rings (SSSR count). The van der Waals surface area contributed by atoms with Gasteiger partial charge in [-0.2, -0.15) is 0 Å². The monoisotopic (exact) mass is 188 g/mol. The molecule has 1 N–H and O–H groups in total. The Kier molecular flexibility index (Phi) is 2.53. The first-order valence-electron chi connectivity index (χ1n) is 5.29. The van der Waals surface area contributed by atoms with E-state index in [0.717, 1.165) is 18.5 Å². The summed E-state index contributed by atoms with van der Waals surface area (Å²) in [5.41, 5.74) is 2.22. The standard InChI is InChI=1S/C12H16N2/c1-3-9(4-2)11-6-5-10-7-8-13-12(10)14-11/h5-9H,3-4H2,1-2H3,(H,13,14). The SMILES string of the molecule is CCC(CC)c1ccc2cc[nH]c2n1. The van der Waals surface area contributed by atoms with Gasteiger partial charge in [-0.3, -0.25) is 0 Å². The largest absolute Gasteiger partial charge is 0.346 e. The van der Waals surface area contributed by atoms with Crippen LogP contribution in [-0.2, 0) is 0 Å². The summed E-state index contributed by atoms with van der Waals surface area (Å²) in [5.74, 6) is 0.600. The summed E-state index contributed by atoms with van der Waals surface area (Å²) in [5, 5.41) is 1.19. The number of pyridine rings is 1. The number of aromatic amines is 1. The summed E-state index contributed by atoms with van der Waals surface area (Å²) in [6.07, 6.45) is 4.26. The van der Waals surface area contributed by atoms with Crippen molar-refractivity contribution in [3.05, 3.63) is 30.1 Å². The Morgan fingerprint density at radius 1 is 1.21 bits per heavy atom. The Balaban J connectivity index is 2.42. The second kappa shape index (κ2) is 3.82. The van der Waals surface area contributed by atoms with Crippen molar-refractivity contribution in [1.29, 1.82) is 0 Å². The lowest BCUT2D eigenvalue weighted by Crippen LogP contribution is -1.98. The van der Waals surface area contributed by atoms with Gasteiger partial charge in [-0.1, -0.05) is 13.8 Å². The zero-order valence-electron chi connectivity index (χ0n) is 8.75. The van der Waals surface area contributed by atoms with Crippen molar-refractivity contribution in [2.75, 3.05) is 0 Å². The maximum atomic E-state index is 4.62. The minimum Gasteiger partial charge on any atom is -0.346 e. The van der Waals surface area contributed by atoms with Crippen molar-refractivity contribution in [1.82, 2.24) is 9.97 Å². The molecule has 0 fully saturated rings. The highest BCUT2D eigenvalue weighted by Gasteiger charge is 2.08. The molecular weight excluding hydrogens is 172 g/mol. The van der Waals surface area contributed by atoms with Crippen LogP contribution < -0.4 is 0 Å². The molecule has 0 saturated carbocycles. The van der Waals surface area contributed by atoms with Gasteiger partial charge in [-0.25, -0.2) is 4.98 Å². The van der Waals surface area contributed by atoms with E-state index in [1.54, 1.807) is 0 Å². The highest BCUT2D eigenvalue weighted by Crippen LogP contribution is 2.22. The molecule has 0 atom stereocenters. The summed E-state index contributed by atoms with van der Waals surface area (Å²) < 4.78 is 0. The first kappa shape index (κ1) is 9.25. The second-order valence-corrected chi connectivity index (χ2v) is 3.67. The molecule has 0 aliphatic rings. The minimum absolute atomic E-state index is 0.600. The van der Waals surface area contributed by atoms with Crippen LogP contribution in [0.1, 0.15) is 38.3 Å². The molecule has 0 unspecified atom stereocenters. The van der Waals surface area contributed by atoms with Crippen LogP contribution in [0.2, 0.25) is 0 Å². The summed E-state index contributed by atoms with van der Waals surface area (Å²) in [6.45, 7) is 4.43. The van der Waals surface area contributed by atoms with Crippen LogP contribution in [0.15, 0.2) is 24.4 Å². The highest BCUT2D eigenvalue weighted by atomic mass is 14.8. The lowest BCUT2D eigenvalue weighted by molar-refractivity contribution is 0.625. The van der Waals surface area contributed by atoms with E-state index in [-0.39, 0.29) is 0 Å². The van der Waals surface area contributed by atoms with E-state index in [4.69, 9.17) is 0 Å². The Labute approximate surface area is 84.4 Å². The lowest BCUT2D eigenvalue weighted by Gasteiger charge is -2.10. The molecule has 0 amide bonds. The summed E-state index contributed by atoms with van der Waals surface area (Å²) in [6, 6.07) is 6.35. The molecule has 0 aromatic carbocycles. The first-order chi connectivity index (χ1) is 6.85. The van der Waals surface area contributed by atoms with Crippen molar-refractivity contribution in [2.24, 2.45) is 0 Å². The maximum Gasteiger partial charge on any atom is 0.137 e. The molecule has 0 bridgehead atoms. The molecular formula is C12H16N2. The van der Waals surface area contributed by atoms with Crippen LogP contribution in [0.4, 0.5) is 0 Å². The van der Waals surface area contributed by atoms with Gasteiger partial charge in [-0.05, 0) is 31.0 Å². The molecule has 0 saturated heterocycles. The molecule has 74 valence electrons. The molecule has 0 spiro atoms. The van der Waals surface area contributed by atoms with E-state index in [9.17, 15) is 0 Å². The fourth-order valence-corrected chi connectivity index (χ4v) is 1.88. The molecule has 2 aromatic heterocycles. The molecule has 0 aliphatic heterocycles. The molecule has 0 aliphatic carbocycles. The predicted octanol–water partition coefficient (Wildman–Crippen LogP) is 3.47. The van der Waals surface area contributed by atoms with Crippen molar-refractivity contribution in [2.45, 2.75) is 32.6 Å². The number of H-pyrrole nitrogens is 1. The maximum absolute atomic E-state index is 4.62. The van der Waals surface area contributed by atoms with Gasteiger partial charge in [0.05, 0.1) is 0 Å². The van der Waals surface area contributed by atoms with Gasteiger partial charge in [0.2, 0.25) is 0 Å². The number of nitrogens with one attached hydrogen (secondary N) is 1. The van der Waals surface area contributed by atoms with Crippen LogP contribution in [0, 0.1) is 0 Å². The fourth-order valence-electron chi connectivity index (χ4n) is 1.88. The first-order valence-corrected chi connectivity index (χ1v) is 5.29. The lowest BCUT2D eigenvalue weighted by atomic mass is 9.99. The Bertz CT molecular complexity index is 413. The van der Waals surface area contributed by atoms with Crippen molar-refractivity contribution < 1.29 is 0 Å². The molecule has 14 heavy (non-hydrogen) atoms. The number of hydrogen-bond acceptors (Lipinski definition) is 1. The number of nitrogens with zero attached hydrogens (tertiary/aromatic N) is 1. The van der Waals surface area contributed by atoms with Crippen molar-refractivity contribution in [3.8, 4) is 0 Å². The topological polar surface area (TPSA) is 28.7 Å². The van der Waals surface area contributed by atoms with Gasteiger partial charge in [0.15, 0.2) is 0 Å². The Hall–Kier alpha value is -1.31. The number of fused-ring (bicyclic) bond motifs is 1. The number of rotatable bonds is 3. The van der Waals surface area contributed by atoms with Gasteiger partial charge >= 0.3 is 0 Å². The smallest absolute Gasteiger partial charge is 0.137 e. The zero-order chi connectivity index (χ0) is 9.97. The highest BCUT2D eigenvalue weighted by molar-refractivity contribution is 5.75. The average molecular weight is 188 g/mol. The van der Waals surface area contributed by atoms with E-state index in [0.29, 0.717) is 5.92 Å². The zero-order valence-corrected chi connectivity index (χ0v) is 8.75. The Morgan fingerprint density at radius 2 is 2.00 bits per heavy atom. The van der Waals surface area contributed by atoms with Gasteiger partial charge in [0.1, 0.15) is 5.65 Å². The third kappa shape index (κ3) is 1.52. The normalized spacial score (nSPS) is 11.4. The van der Waals surface area contributed by atoms with E-state index in [1.807, 2.05) is 6.20 Å². The van der Waals surface area contributed by atoms with Crippen LogP contribution in [-0.4, -0.2) is 9.97 Å². The molecule has 2 nitrogen and oxygen atoms in total. The van der Waals surface area contributed by atoms with Crippen LogP contribution in [0.3, 0.4) is 0 Å². The minimum atomic E-state index is 0.600. The third-order valence-corrected chi connectivity index (χ3v) is 2.83. The van der Waals surface area contributed by atoms with Crippen molar-refractivity contribution >= 4 is 11.0 Å². The fraction of sp³-hybridized carbons (Fsp3) is 0.417. The average Bonchev–Trinajstić information content (AvgIpc) is 2.66. The number of hydrogen-bond donors (Lipinski definition) is 1. The summed E-state index contributed by atoms with van der Waals surface area (Å²) in [7, 11) is 0. The molecule has 0 radical (unpaired) electrons. The van der Waals surface area contributed by atoms with E-state index >= 15 is 0 Å². The van der Waals surface area contributed by atoms with Gasteiger partial charge < -0.3 is 4.98 Å². The van der Waals surface area contributed by atoms with Gasteiger partial charge in [0, 0.05) is 23.2 Å². The van der Waals surface area contributed by atoms with Crippen LogP contribution >= 0.6 is 0 Å². The van der Waals surface area contributed by atoms with E-state index < -0.39 is 0 Å². The predicted molar refractivity (Wildman–Crippen MR) is 59.4 cm³/mol. The van der Waals surface area contributed by atoms with E-state index in [2.05, 4.69) is 42.0 Å². The molecule has 2 aromatic rings. The van der Waals surface area contributed by atoms with Gasteiger partial charge in [0.25, 0.3) is 0 Å².